The number of rotatable bonds is 5. The van der Waals surface area contributed by atoms with Gasteiger partial charge in [0.05, 0.1) is 11.3 Å². The Morgan fingerprint density at radius 1 is 0.449 bits per heavy atom. The second-order valence-corrected chi connectivity index (χ2v) is 12.5. The first-order chi connectivity index (χ1) is 24.3. The van der Waals surface area contributed by atoms with Gasteiger partial charge in [-0.1, -0.05) is 97.1 Å². The zero-order valence-corrected chi connectivity index (χ0v) is 26.6. The number of anilines is 9. The average molecular weight is 628 g/mol. The molecule has 49 heavy (non-hydrogen) atoms. The van der Waals surface area contributed by atoms with Crippen LogP contribution in [0.4, 0.5) is 51.2 Å². The molecule has 10 rings (SSSR count). The quantitative estimate of drug-likeness (QED) is 0.177. The fraction of sp³-hybridized carbons (Fsp3) is 0. The maximum Gasteiger partial charge on any atom is 0.297 e. The van der Waals surface area contributed by atoms with Crippen LogP contribution in [-0.2, 0) is 0 Å². The lowest BCUT2D eigenvalue weighted by Gasteiger charge is -2.42. The van der Waals surface area contributed by atoms with E-state index in [1.165, 1.54) is 16.6 Å². The van der Waals surface area contributed by atoms with Crippen LogP contribution in [0.15, 0.2) is 186 Å². The van der Waals surface area contributed by atoms with Crippen LogP contribution in [-0.4, -0.2) is 6.71 Å². The monoisotopic (exact) mass is 627 g/mol. The van der Waals surface area contributed by atoms with E-state index < -0.39 is 0 Å². The van der Waals surface area contributed by atoms with E-state index in [9.17, 15) is 0 Å². The molecule has 2 aliphatic rings. The minimum atomic E-state index is -0.0608. The summed E-state index contributed by atoms with van der Waals surface area (Å²) >= 11 is 0. The second-order valence-electron chi connectivity index (χ2n) is 12.5. The molecule has 2 aliphatic heterocycles. The molecule has 0 amide bonds. The van der Waals surface area contributed by atoms with Crippen LogP contribution in [0.1, 0.15) is 0 Å². The van der Waals surface area contributed by atoms with Crippen molar-refractivity contribution in [2.75, 3.05) is 14.7 Å². The van der Waals surface area contributed by atoms with Crippen LogP contribution in [0, 0.1) is 0 Å². The highest BCUT2D eigenvalue weighted by Gasteiger charge is 2.46. The highest BCUT2D eigenvalue weighted by Crippen LogP contribution is 2.47. The van der Waals surface area contributed by atoms with Gasteiger partial charge in [-0.3, -0.25) is 0 Å². The predicted octanol–water partition coefficient (Wildman–Crippen LogP) is 9.99. The van der Waals surface area contributed by atoms with Gasteiger partial charge in [0.15, 0.2) is 0 Å². The number of para-hydroxylation sites is 5. The van der Waals surface area contributed by atoms with Crippen molar-refractivity contribution in [3.05, 3.63) is 182 Å². The van der Waals surface area contributed by atoms with Crippen molar-refractivity contribution in [2.24, 2.45) is 0 Å². The Hall–Kier alpha value is -6.46. The molecule has 8 aromatic rings. The summed E-state index contributed by atoms with van der Waals surface area (Å²) < 4.78 is 6.87. The lowest BCUT2D eigenvalue weighted by atomic mass is 9.35. The summed E-state index contributed by atoms with van der Waals surface area (Å²) in [5.41, 5.74) is 14.4. The van der Waals surface area contributed by atoms with E-state index in [1.54, 1.807) is 0 Å². The van der Waals surface area contributed by atoms with Crippen molar-refractivity contribution in [1.29, 1.82) is 0 Å². The minimum absolute atomic E-state index is 0.0608. The van der Waals surface area contributed by atoms with Gasteiger partial charge >= 0.3 is 0 Å². The Kier molecular flexibility index (Phi) is 6.24. The maximum atomic E-state index is 6.87. The van der Waals surface area contributed by atoms with Crippen LogP contribution >= 0.6 is 0 Å². The van der Waals surface area contributed by atoms with Gasteiger partial charge in [0.2, 0.25) is 0 Å². The summed E-state index contributed by atoms with van der Waals surface area (Å²) in [4.78, 5) is 7.14. The third-order valence-electron chi connectivity index (χ3n) is 9.79. The Bertz CT molecular complexity index is 2440. The third-order valence-corrected chi connectivity index (χ3v) is 9.79. The van der Waals surface area contributed by atoms with Crippen LogP contribution < -0.4 is 31.3 Å². The molecule has 0 atom stereocenters. The number of furan rings is 1. The number of hydrogen-bond donors (Lipinski definition) is 0. The smallest absolute Gasteiger partial charge is 0.297 e. The molecular formula is C44H30BN3O. The molecule has 0 fully saturated rings. The zero-order valence-electron chi connectivity index (χ0n) is 26.6. The average Bonchev–Trinajstić information content (AvgIpc) is 3.55. The Labute approximate surface area is 285 Å². The van der Waals surface area contributed by atoms with Gasteiger partial charge in [0.1, 0.15) is 5.58 Å². The lowest BCUT2D eigenvalue weighted by Crippen LogP contribution is -2.60. The summed E-state index contributed by atoms with van der Waals surface area (Å²) in [7, 11) is 0. The normalized spacial score (nSPS) is 12.8. The minimum Gasteiger partial charge on any atom is -0.468 e. The van der Waals surface area contributed by atoms with Gasteiger partial charge in [-0.2, -0.15) is 0 Å². The number of nitrogens with zero attached hydrogens (tertiary/aromatic N) is 3. The van der Waals surface area contributed by atoms with E-state index in [0.29, 0.717) is 0 Å². The van der Waals surface area contributed by atoms with Gasteiger partial charge in [0, 0.05) is 50.9 Å². The molecule has 0 aliphatic carbocycles. The van der Waals surface area contributed by atoms with Gasteiger partial charge in [0.25, 0.3) is 6.71 Å². The van der Waals surface area contributed by atoms with Crippen molar-refractivity contribution >= 4 is 85.5 Å². The highest BCUT2D eigenvalue weighted by molar-refractivity contribution is 6.99. The molecule has 0 N–H and O–H groups in total. The summed E-state index contributed by atoms with van der Waals surface area (Å²) in [5, 5.41) is 1.12. The Morgan fingerprint density at radius 2 is 1.00 bits per heavy atom. The van der Waals surface area contributed by atoms with Crippen molar-refractivity contribution in [3.63, 3.8) is 0 Å². The molecule has 7 aromatic carbocycles. The predicted molar refractivity (Wildman–Crippen MR) is 205 cm³/mol. The van der Waals surface area contributed by atoms with Crippen LogP contribution in [0.25, 0.3) is 11.0 Å². The van der Waals surface area contributed by atoms with Crippen LogP contribution in [0.5, 0.6) is 0 Å². The first kappa shape index (κ1) is 27.6. The van der Waals surface area contributed by atoms with E-state index in [4.69, 9.17) is 4.42 Å². The van der Waals surface area contributed by atoms with Crippen LogP contribution in [0.2, 0.25) is 0 Å². The summed E-state index contributed by atoms with van der Waals surface area (Å²) in [6, 6.07) is 64.7. The van der Waals surface area contributed by atoms with E-state index in [0.717, 1.165) is 62.1 Å². The molecule has 0 radical (unpaired) electrons. The van der Waals surface area contributed by atoms with Gasteiger partial charge in [-0.05, 0) is 95.9 Å². The second kappa shape index (κ2) is 11.1. The largest absolute Gasteiger partial charge is 0.468 e. The fourth-order valence-corrected chi connectivity index (χ4v) is 7.81. The molecular weight excluding hydrogens is 597 g/mol. The van der Waals surface area contributed by atoms with E-state index >= 15 is 0 Å². The summed E-state index contributed by atoms with van der Waals surface area (Å²) in [6.07, 6.45) is 0. The van der Waals surface area contributed by atoms with Crippen molar-refractivity contribution in [2.45, 2.75) is 0 Å². The molecule has 3 heterocycles. The molecule has 1 aromatic heterocycles. The molecule has 5 heteroatoms. The van der Waals surface area contributed by atoms with Crippen molar-refractivity contribution in [3.8, 4) is 0 Å². The lowest BCUT2D eigenvalue weighted by molar-refractivity contribution is 0.651. The number of benzene rings is 7. The van der Waals surface area contributed by atoms with E-state index in [2.05, 4.69) is 197 Å². The Balaban J connectivity index is 1.21. The standard InChI is InChI=1S/C44H30BN3O/c1-4-16-31(17-5-1)46(32-18-6-2-7-19-32)34-22-14-23-35(30-34)47-38-26-12-11-25-37(38)45-42-39(47)27-15-28-40(42)48(33-20-8-3-9-21-33)43-36-24-10-13-29-41(36)49-44(43)45/h1-30H. The topological polar surface area (TPSA) is 22.9 Å². The van der Waals surface area contributed by atoms with Crippen molar-refractivity contribution in [1.82, 2.24) is 0 Å². The molecule has 0 saturated heterocycles. The number of fused-ring (bicyclic) bond motifs is 6. The molecule has 0 spiro atoms. The van der Waals surface area contributed by atoms with Gasteiger partial charge < -0.3 is 19.1 Å². The summed E-state index contributed by atoms with van der Waals surface area (Å²) in [6.45, 7) is -0.0608. The molecule has 0 bridgehead atoms. The number of hydrogen-bond acceptors (Lipinski definition) is 4. The highest BCUT2D eigenvalue weighted by atomic mass is 16.3. The first-order valence-corrected chi connectivity index (χ1v) is 16.7. The fourth-order valence-electron chi connectivity index (χ4n) is 7.81. The van der Waals surface area contributed by atoms with E-state index in [-0.39, 0.29) is 6.71 Å². The van der Waals surface area contributed by atoms with E-state index in [1.807, 2.05) is 0 Å². The third kappa shape index (κ3) is 4.26. The summed E-state index contributed by atoms with van der Waals surface area (Å²) in [5.74, 6) is 0. The molecule has 0 saturated carbocycles. The molecule has 0 unspecified atom stereocenters. The Morgan fingerprint density at radius 3 is 1.76 bits per heavy atom. The zero-order chi connectivity index (χ0) is 32.3. The van der Waals surface area contributed by atoms with Crippen molar-refractivity contribution < 1.29 is 4.42 Å². The SMILES string of the molecule is c1ccc(N(c2ccccc2)c2cccc(N3c4ccccc4B4c5oc6ccccc6c5N(c5ccccc5)c5cccc3c54)c2)cc1. The molecule has 230 valence electrons. The van der Waals surface area contributed by atoms with Gasteiger partial charge in [-0.15, -0.1) is 0 Å². The molecule has 4 nitrogen and oxygen atoms in total. The van der Waals surface area contributed by atoms with Crippen LogP contribution in [0.3, 0.4) is 0 Å². The maximum absolute atomic E-state index is 6.87. The first-order valence-electron chi connectivity index (χ1n) is 16.7. The van der Waals surface area contributed by atoms with Gasteiger partial charge in [-0.25, -0.2) is 0 Å².